The Labute approximate surface area is 179 Å². The molecule has 0 saturated carbocycles. The smallest absolute Gasteiger partial charge is 0.418 e. The van der Waals surface area contributed by atoms with Gasteiger partial charge in [-0.05, 0) is 12.1 Å². The van der Waals surface area contributed by atoms with Crippen LogP contribution in [0.15, 0.2) is 71.3 Å². The van der Waals surface area contributed by atoms with Crippen molar-refractivity contribution in [2.75, 3.05) is 6.61 Å². The van der Waals surface area contributed by atoms with Crippen molar-refractivity contribution < 1.29 is 23.1 Å². The number of hydrogen-bond donors (Lipinski definition) is 2. The number of aromatic hydroxyl groups is 1. The normalized spacial score (nSPS) is 14.7. The lowest BCUT2D eigenvalue weighted by Crippen LogP contribution is -2.14. The number of alkyl halides is 3. The molecule has 7 nitrogen and oxygen atoms in total. The standard InChI is InChI=1S/C22H16F3N5O2/c23-22(24,25)15-6-3-5-14-17(21(31)28-18(14)15)20-19(13-4-1-2-7-16(13)27-20)29-32-11-10-30-9-8-26-12-30/h1-9,12,28,31H,10-11H2/b29-19+. The summed E-state index contributed by atoms with van der Waals surface area (Å²) in [5.74, 6) is -0.422. The highest BCUT2D eigenvalue weighted by molar-refractivity contribution is 6.58. The highest BCUT2D eigenvalue weighted by atomic mass is 19.4. The van der Waals surface area contributed by atoms with Crippen molar-refractivity contribution in [3.05, 3.63) is 77.9 Å². The number of hydrogen-bond acceptors (Lipinski definition) is 5. The van der Waals surface area contributed by atoms with Crippen molar-refractivity contribution in [3.8, 4) is 5.88 Å². The van der Waals surface area contributed by atoms with Crippen LogP contribution in [-0.4, -0.2) is 37.7 Å². The van der Waals surface area contributed by atoms with Crippen LogP contribution in [0, 0.1) is 0 Å². The number of para-hydroxylation sites is 2. The first-order valence-corrected chi connectivity index (χ1v) is 9.69. The maximum absolute atomic E-state index is 13.5. The Hall–Kier alpha value is -4.08. The van der Waals surface area contributed by atoms with Crippen molar-refractivity contribution in [2.45, 2.75) is 12.7 Å². The highest BCUT2D eigenvalue weighted by Gasteiger charge is 2.36. The summed E-state index contributed by atoms with van der Waals surface area (Å²) in [6.07, 6.45) is 0.508. The summed E-state index contributed by atoms with van der Waals surface area (Å²) >= 11 is 0. The number of rotatable bonds is 5. The van der Waals surface area contributed by atoms with Crippen molar-refractivity contribution in [1.82, 2.24) is 14.5 Å². The van der Waals surface area contributed by atoms with Crippen LogP contribution in [0.3, 0.4) is 0 Å². The Balaban J connectivity index is 1.56. The molecule has 1 aliphatic heterocycles. The summed E-state index contributed by atoms with van der Waals surface area (Å²) in [4.78, 5) is 16.4. The molecule has 1 aliphatic rings. The monoisotopic (exact) mass is 439 g/mol. The van der Waals surface area contributed by atoms with Crippen LogP contribution < -0.4 is 0 Å². The molecule has 32 heavy (non-hydrogen) atoms. The second-order valence-corrected chi connectivity index (χ2v) is 7.13. The number of nitrogens with zero attached hydrogens (tertiary/aromatic N) is 4. The second kappa shape index (κ2) is 7.56. The number of aliphatic imine (C=N–C) groups is 1. The largest absolute Gasteiger partial charge is 0.494 e. The predicted molar refractivity (Wildman–Crippen MR) is 112 cm³/mol. The minimum absolute atomic E-state index is 0.138. The average Bonchev–Trinajstić information content (AvgIpc) is 3.47. The molecule has 0 radical (unpaired) electrons. The van der Waals surface area contributed by atoms with E-state index < -0.39 is 17.6 Å². The summed E-state index contributed by atoms with van der Waals surface area (Å²) in [5.41, 5.74) is 0.858. The van der Waals surface area contributed by atoms with Gasteiger partial charge in [0.05, 0.1) is 35.2 Å². The van der Waals surface area contributed by atoms with E-state index in [1.54, 1.807) is 43.0 Å². The Kier molecular flexibility index (Phi) is 4.69. The van der Waals surface area contributed by atoms with Crippen LogP contribution in [0.25, 0.3) is 10.9 Å². The number of aromatic nitrogens is 3. The van der Waals surface area contributed by atoms with Gasteiger partial charge in [-0.15, -0.1) is 0 Å². The molecule has 2 aromatic carbocycles. The number of imidazole rings is 1. The maximum Gasteiger partial charge on any atom is 0.418 e. The number of oxime groups is 1. The average molecular weight is 439 g/mol. The second-order valence-electron chi connectivity index (χ2n) is 7.13. The molecule has 0 saturated heterocycles. The van der Waals surface area contributed by atoms with Crippen molar-refractivity contribution >= 4 is 28.0 Å². The molecule has 0 fully saturated rings. The van der Waals surface area contributed by atoms with Crippen LogP contribution in [0.2, 0.25) is 0 Å². The number of benzene rings is 2. The molecular formula is C22H16F3N5O2. The van der Waals surface area contributed by atoms with Crippen molar-refractivity contribution in [3.63, 3.8) is 0 Å². The van der Waals surface area contributed by atoms with Crippen molar-refractivity contribution in [2.24, 2.45) is 10.1 Å². The topological polar surface area (TPSA) is 87.8 Å². The minimum Gasteiger partial charge on any atom is -0.494 e. The summed E-state index contributed by atoms with van der Waals surface area (Å²) in [7, 11) is 0. The first kappa shape index (κ1) is 19.9. The third-order valence-electron chi connectivity index (χ3n) is 5.13. The molecule has 10 heteroatoms. The van der Waals surface area contributed by atoms with E-state index in [4.69, 9.17) is 4.84 Å². The van der Waals surface area contributed by atoms with Crippen LogP contribution in [0.5, 0.6) is 5.88 Å². The molecule has 0 spiro atoms. The summed E-state index contributed by atoms with van der Waals surface area (Å²) in [6, 6.07) is 10.9. The molecular weight excluding hydrogens is 423 g/mol. The van der Waals surface area contributed by atoms with E-state index in [1.165, 1.54) is 12.1 Å². The molecule has 2 N–H and O–H groups in total. The first-order valence-electron chi connectivity index (χ1n) is 9.69. The summed E-state index contributed by atoms with van der Waals surface area (Å²) in [5, 5.41) is 15.0. The van der Waals surface area contributed by atoms with Gasteiger partial charge in [0.2, 0.25) is 0 Å². The number of nitrogens with one attached hydrogen (secondary N) is 1. The Morgan fingerprint density at radius 2 is 1.97 bits per heavy atom. The molecule has 0 atom stereocenters. The lowest BCUT2D eigenvalue weighted by molar-refractivity contribution is -0.136. The molecule has 3 heterocycles. The van der Waals surface area contributed by atoms with Crippen LogP contribution in [-0.2, 0) is 17.6 Å². The van der Waals surface area contributed by atoms with Gasteiger partial charge in [-0.3, -0.25) is 0 Å². The number of H-pyrrole nitrogens is 1. The lowest BCUT2D eigenvalue weighted by atomic mass is 10.00. The van der Waals surface area contributed by atoms with Gasteiger partial charge in [-0.25, -0.2) is 9.98 Å². The molecule has 4 aromatic rings. The van der Waals surface area contributed by atoms with E-state index in [0.717, 1.165) is 6.07 Å². The Bertz CT molecular complexity index is 1350. The van der Waals surface area contributed by atoms with E-state index in [1.807, 2.05) is 4.57 Å². The van der Waals surface area contributed by atoms with Gasteiger partial charge in [0.25, 0.3) is 0 Å². The Morgan fingerprint density at radius 3 is 2.75 bits per heavy atom. The van der Waals surface area contributed by atoms with E-state index >= 15 is 0 Å². The number of halogens is 3. The van der Waals surface area contributed by atoms with Gasteiger partial charge in [0.15, 0.2) is 5.88 Å². The zero-order chi connectivity index (χ0) is 22.3. The van der Waals surface area contributed by atoms with Gasteiger partial charge >= 0.3 is 6.18 Å². The fourth-order valence-corrected chi connectivity index (χ4v) is 3.69. The third kappa shape index (κ3) is 3.39. The minimum atomic E-state index is -4.58. The number of aromatic amines is 1. The third-order valence-corrected chi connectivity index (χ3v) is 5.13. The highest BCUT2D eigenvalue weighted by Crippen LogP contribution is 2.40. The molecule has 162 valence electrons. The van der Waals surface area contributed by atoms with Gasteiger partial charge < -0.3 is 19.5 Å². The fourth-order valence-electron chi connectivity index (χ4n) is 3.69. The maximum atomic E-state index is 13.5. The lowest BCUT2D eigenvalue weighted by Gasteiger charge is -2.08. The molecule has 0 amide bonds. The molecule has 5 rings (SSSR count). The number of fused-ring (bicyclic) bond motifs is 2. The SMILES string of the molecule is Oc1[nH]c2c(C(F)(F)F)cccc2c1C1=Nc2ccccc2/C1=N\OCCn1ccnc1. The van der Waals surface area contributed by atoms with E-state index in [2.05, 4.69) is 20.1 Å². The molecule has 0 bridgehead atoms. The Morgan fingerprint density at radius 1 is 1.12 bits per heavy atom. The van der Waals surface area contributed by atoms with E-state index in [0.29, 0.717) is 23.5 Å². The van der Waals surface area contributed by atoms with Gasteiger partial charge in [0, 0.05) is 23.3 Å². The molecule has 0 unspecified atom stereocenters. The summed E-state index contributed by atoms with van der Waals surface area (Å²) < 4.78 is 42.2. The van der Waals surface area contributed by atoms with Crippen LogP contribution in [0.1, 0.15) is 16.7 Å². The zero-order valence-corrected chi connectivity index (χ0v) is 16.5. The van der Waals surface area contributed by atoms with E-state index in [-0.39, 0.29) is 28.8 Å². The predicted octanol–water partition coefficient (Wildman–Crippen LogP) is 4.64. The van der Waals surface area contributed by atoms with Gasteiger partial charge in [-0.1, -0.05) is 35.5 Å². The zero-order valence-electron chi connectivity index (χ0n) is 16.5. The molecule has 0 aliphatic carbocycles. The van der Waals surface area contributed by atoms with E-state index in [9.17, 15) is 18.3 Å². The van der Waals surface area contributed by atoms with Gasteiger partial charge in [-0.2, -0.15) is 13.2 Å². The van der Waals surface area contributed by atoms with Crippen LogP contribution >= 0.6 is 0 Å². The fraction of sp³-hybridized carbons (Fsp3) is 0.136. The quantitative estimate of drug-likeness (QED) is 0.351. The first-order chi connectivity index (χ1) is 15.4. The summed E-state index contributed by atoms with van der Waals surface area (Å²) in [6.45, 7) is 0.756. The van der Waals surface area contributed by atoms with Crippen molar-refractivity contribution in [1.29, 1.82) is 0 Å². The molecule has 2 aromatic heterocycles. The van der Waals surface area contributed by atoms with Gasteiger partial charge in [0.1, 0.15) is 18.0 Å². The van der Waals surface area contributed by atoms with Crippen LogP contribution in [0.4, 0.5) is 18.9 Å².